The van der Waals surface area contributed by atoms with E-state index >= 15 is 0 Å². The minimum absolute atomic E-state index is 0.0344. The topological polar surface area (TPSA) is 131 Å². The van der Waals surface area contributed by atoms with Crippen molar-refractivity contribution in [3.63, 3.8) is 0 Å². The summed E-state index contributed by atoms with van der Waals surface area (Å²) < 4.78 is 12.4. The molecule has 5 rings (SSSR count). The van der Waals surface area contributed by atoms with E-state index in [1.165, 1.54) is 24.3 Å². The van der Waals surface area contributed by atoms with Gasteiger partial charge >= 0.3 is 222 Å². The number of halogens is 2. The third-order valence-corrected chi connectivity index (χ3v) is 12.3. The van der Waals surface area contributed by atoms with E-state index < -0.39 is 49.1 Å². The van der Waals surface area contributed by atoms with Crippen molar-refractivity contribution in [3.05, 3.63) is 35.6 Å². The number of piperidine rings is 1. The van der Waals surface area contributed by atoms with Gasteiger partial charge in [0, 0.05) is 0 Å². The van der Waals surface area contributed by atoms with Crippen LogP contribution in [-0.2, 0) is 14.4 Å². The van der Waals surface area contributed by atoms with Gasteiger partial charge in [-0.25, -0.2) is 4.39 Å². The quantitative estimate of drug-likeness (QED) is 0.200. The Labute approximate surface area is 231 Å². The van der Waals surface area contributed by atoms with Crippen LogP contribution in [0.1, 0.15) is 49.9 Å². The number of hydrogen-bond acceptors (Lipinski definition) is 5. The van der Waals surface area contributed by atoms with Gasteiger partial charge in [0.15, 0.2) is 0 Å². The average molecular weight is 636 g/mol. The molecule has 9 nitrogen and oxygen atoms in total. The number of nitriles is 1. The third kappa shape index (κ3) is 4.99. The third-order valence-electron chi connectivity index (χ3n) is 8.63. The van der Waals surface area contributed by atoms with Crippen LogP contribution in [0.15, 0.2) is 24.3 Å². The molecule has 3 aliphatic heterocycles. The van der Waals surface area contributed by atoms with Crippen molar-refractivity contribution in [2.24, 2.45) is 23.2 Å². The first kappa shape index (κ1) is 26.8. The van der Waals surface area contributed by atoms with E-state index in [2.05, 4.69) is 35.9 Å². The Balaban J connectivity index is 1.42. The van der Waals surface area contributed by atoms with E-state index in [1.807, 2.05) is 0 Å². The van der Waals surface area contributed by atoms with Crippen LogP contribution in [-0.4, -0.2) is 61.7 Å². The van der Waals surface area contributed by atoms with Gasteiger partial charge < -0.3 is 0 Å². The minimum atomic E-state index is -0.972. The Morgan fingerprint density at radius 1 is 1.16 bits per heavy atom. The zero-order chi connectivity index (χ0) is 27.2. The zero-order valence-corrected chi connectivity index (χ0v) is 23.5. The Hall–Kier alpha value is -2.75. The van der Waals surface area contributed by atoms with Crippen molar-refractivity contribution >= 4 is 23.6 Å². The van der Waals surface area contributed by atoms with Crippen LogP contribution in [0.2, 0.25) is 0 Å². The fourth-order valence-electron chi connectivity index (χ4n) is 6.36. The second-order valence-corrected chi connectivity index (χ2v) is 14.5. The normalized spacial score (nSPS) is 34.7. The molecule has 3 N–H and O–H groups in total. The first-order chi connectivity index (χ1) is 18.1. The van der Waals surface area contributed by atoms with Crippen LogP contribution in [0.5, 0.6) is 0 Å². The van der Waals surface area contributed by atoms with Crippen LogP contribution in [0.25, 0.3) is 0 Å². The molecular weight excluding hydrogens is 604 g/mol. The Morgan fingerprint density at radius 2 is 1.87 bits per heavy atom. The summed E-state index contributed by atoms with van der Waals surface area (Å²) >= 11 is -0.972. The number of carbonyl (C=O) groups excluding carboxylic acids is 4. The molecule has 11 heteroatoms. The molecule has 1 aromatic carbocycles. The van der Waals surface area contributed by atoms with E-state index in [0.717, 1.165) is 12.8 Å². The number of nitrogens with zero attached hydrogens (tertiary/aromatic N) is 2. The number of benzene rings is 1. The van der Waals surface area contributed by atoms with Crippen LogP contribution >= 0.6 is 0 Å². The van der Waals surface area contributed by atoms with E-state index in [9.17, 15) is 28.8 Å². The molecule has 3 saturated heterocycles. The summed E-state index contributed by atoms with van der Waals surface area (Å²) in [6.45, 7) is 5.13. The molecule has 4 fully saturated rings. The molecule has 7 atom stereocenters. The predicted molar refractivity (Wildman–Crippen MR) is 130 cm³/mol. The van der Waals surface area contributed by atoms with Crippen molar-refractivity contribution in [1.29, 1.82) is 5.26 Å². The van der Waals surface area contributed by atoms with Crippen molar-refractivity contribution < 1.29 is 44.8 Å². The summed E-state index contributed by atoms with van der Waals surface area (Å²) in [6.07, 6.45) is 2.57. The van der Waals surface area contributed by atoms with Crippen LogP contribution < -0.4 is 37.2 Å². The number of alkyl halides is 2. The molecule has 3 heterocycles. The summed E-state index contributed by atoms with van der Waals surface area (Å²) in [5.41, 5.74) is 0.141. The van der Waals surface area contributed by atoms with Gasteiger partial charge in [0.2, 0.25) is 0 Å². The van der Waals surface area contributed by atoms with Crippen LogP contribution in [0.3, 0.4) is 0 Å². The molecule has 0 aromatic heterocycles. The first-order valence-electron chi connectivity index (χ1n) is 13.1. The van der Waals surface area contributed by atoms with Crippen molar-refractivity contribution in [2.75, 3.05) is 13.1 Å². The second kappa shape index (κ2) is 10.4. The molecule has 1 aromatic rings. The molecule has 0 radical (unpaired) electrons. The number of rotatable bonds is 2. The Morgan fingerprint density at radius 3 is 2.58 bits per heavy atom. The standard InChI is InChI=1S/C27H32FIN5O4/c1-27(2)17-13-34-22(20(17)27)25(37)33-19(11-30)29-21-15(12-31-24(21)36)5-3-4-6-18(26(34)38)32-23(35)14-7-9-16(28)10-8-14/h7-10,15,17-22H,3-6,12-13H2,1-2H3,(H,31,36)(H,32,35)(H,33,37)/q-1/t15-,17-,18-,19+,20-,21-,22-/m0/s1. The SMILES string of the molecule is CC1(C)[C@@H]2[C@H]3C(=O)N[C@H](C#N)[I-][C@@H]4C(=O)NC[C@@H]4CCCC[C@H](NC(=O)c4ccc(F)cc4)C(=O)N3C[C@@H]21. The van der Waals surface area contributed by atoms with Crippen LogP contribution in [0, 0.1) is 40.3 Å². The monoisotopic (exact) mass is 636 g/mol. The van der Waals surface area contributed by atoms with E-state index in [-0.39, 0.29) is 50.4 Å². The average Bonchev–Trinajstić information content (AvgIpc) is 3.20. The van der Waals surface area contributed by atoms with Gasteiger partial charge in [0.1, 0.15) is 5.82 Å². The molecule has 0 spiro atoms. The molecule has 1 aliphatic carbocycles. The van der Waals surface area contributed by atoms with Gasteiger partial charge in [-0.15, -0.1) is 0 Å². The van der Waals surface area contributed by atoms with Crippen molar-refractivity contribution in [3.8, 4) is 6.07 Å². The Kier molecular flexibility index (Phi) is 7.37. The fraction of sp³-hybridized carbons (Fsp3) is 0.593. The molecule has 0 bridgehead atoms. The molecule has 1 saturated carbocycles. The molecule has 0 unspecified atom stereocenters. The predicted octanol–water partition coefficient (Wildman–Crippen LogP) is -1.85. The van der Waals surface area contributed by atoms with E-state index in [1.54, 1.807) is 4.90 Å². The summed E-state index contributed by atoms with van der Waals surface area (Å²) in [6, 6.07) is 5.76. The number of hydrogen-bond donors (Lipinski definition) is 3. The van der Waals surface area contributed by atoms with Gasteiger partial charge in [-0.05, 0) is 0 Å². The van der Waals surface area contributed by atoms with Crippen LogP contribution in [0.4, 0.5) is 4.39 Å². The molecule has 4 amide bonds. The molecule has 4 aliphatic rings. The maximum atomic E-state index is 13.9. The van der Waals surface area contributed by atoms with Gasteiger partial charge in [-0.1, -0.05) is 0 Å². The van der Waals surface area contributed by atoms with Gasteiger partial charge in [0.25, 0.3) is 0 Å². The molecular formula is C27H32FIN5O4-. The number of nitrogens with one attached hydrogen (secondary N) is 3. The molecule has 204 valence electrons. The second-order valence-electron chi connectivity index (χ2n) is 11.2. The fourth-order valence-corrected chi connectivity index (χ4v) is 9.53. The van der Waals surface area contributed by atoms with Crippen molar-refractivity contribution in [1.82, 2.24) is 20.9 Å². The van der Waals surface area contributed by atoms with Crippen molar-refractivity contribution in [2.45, 2.75) is 59.6 Å². The zero-order valence-electron chi connectivity index (χ0n) is 21.4. The van der Waals surface area contributed by atoms with E-state index in [4.69, 9.17) is 0 Å². The van der Waals surface area contributed by atoms with Gasteiger partial charge in [-0.3, -0.25) is 0 Å². The first-order valence-corrected chi connectivity index (χ1v) is 15.6. The molecule has 38 heavy (non-hydrogen) atoms. The number of fused-ring (bicyclic) bond motifs is 4. The van der Waals surface area contributed by atoms with E-state index in [0.29, 0.717) is 25.9 Å². The number of carbonyl (C=O) groups is 4. The summed E-state index contributed by atoms with van der Waals surface area (Å²) in [4.78, 5) is 54.6. The summed E-state index contributed by atoms with van der Waals surface area (Å²) in [5, 5.41) is 18.5. The summed E-state index contributed by atoms with van der Waals surface area (Å²) in [5.74, 6) is -1.44. The summed E-state index contributed by atoms with van der Waals surface area (Å²) in [7, 11) is 0. The maximum absolute atomic E-state index is 13.9. The number of amides is 4. The van der Waals surface area contributed by atoms with Gasteiger partial charge in [0.05, 0.1) is 0 Å². The van der Waals surface area contributed by atoms with Gasteiger partial charge in [-0.2, -0.15) is 0 Å². The Bertz CT molecular complexity index is 1180.